The molecule has 0 spiro atoms. The summed E-state index contributed by atoms with van der Waals surface area (Å²) in [5.74, 6) is 0.949. The third-order valence-corrected chi connectivity index (χ3v) is 4.66. The first-order valence-electron chi connectivity index (χ1n) is 8.53. The fraction of sp³-hybridized carbons (Fsp3) is 0.250. The molecule has 0 unspecified atom stereocenters. The second-order valence-corrected chi connectivity index (χ2v) is 6.53. The lowest BCUT2D eigenvalue weighted by Gasteiger charge is -2.07. The van der Waals surface area contributed by atoms with Gasteiger partial charge >= 0.3 is 5.97 Å². The van der Waals surface area contributed by atoms with E-state index >= 15 is 0 Å². The largest absolute Gasteiger partial charge is 0.465 e. The van der Waals surface area contributed by atoms with Crippen molar-refractivity contribution in [3.05, 3.63) is 59.4 Å². The lowest BCUT2D eigenvalue weighted by molar-refractivity contribution is 0.0600. The number of carbonyl (C=O) groups excluding carboxylic acids is 2. The Morgan fingerprint density at radius 2 is 1.96 bits per heavy atom. The van der Waals surface area contributed by atoms with Gasteiger partial charge < -0.3 is 14.6 Å². The highest BCUT2D eigenvalue weighted by molar-refractivity contribution is 6.06. The smallest absolute Gasteiger partial charge is 0.337 e. The van der Waals surface area contributed by atoms with Crippen molar-refractivity contribution < 1.29 is 14.3 Å². The fourth-order valence-electron chi connectivity index (χ4n) is 3.11. The number of aromatic nitrogens is 2. The summed E-state index contributed by atoms with van der Waals surface area (Å²) in [4.78, 5) is 28.9. The second-order valence-electron chi connectivity index (χ2n) is 6.53. The highest BCUT2D eigenvalue weighted by Gasteiger charge is 2.28. The first-order chi connectivity index (χ1) is 12.6. The summed E-state index contributed by atoms with van der Waals surface area (Å²) in [5, 5.41) is 2.82. The molecule has 1 fully saturated rings. The van der Waals surface area contributed by atoms with E-state index in [0.29, 0.717) is 22.7 Å². The SMILES string of the molecule is COC(=O)c1cccc(NC(=O)c2ccc3c(c2)nc(C2CC2)n3C)c1. The fourth-order valence-corrected chi connectivity index (χ4v) is 3.11. The van der Waals surface area contributed by atoms with Crippen molar-refractivity contribution in [3.63, 3.8) is 0 Å². The first-order valence-corrected chi connectivity index (χ1v) is 8.53. The monoisotopic (exact) mass is 349 g/mol. The van der Waals surface area contributed by atoms with Crippen LogP contribution in [0.1, 0.15) is 45.3 Å². The Morgan fingerprint density at radius 1 is 1.15 bits per heavy atom. The molecule has 0 saturated heterocycles. The number of fused-ring (bicyclic) bond motifs is 1. The minimum atomic E-state index is -0.441. The molecule has 1 aliphatic rings. The van der Waals surface area contributed by atoms with E-state index in [-0.39, 0.29) is 5.91 Å². The van der Waals surface area contributed by atoms with Crippen LogP contribution in [-0.2, 0) is 11.8 Å². The van der Waals surface area contributed by atoms with E-state index in [1.54, 1.807) is 36.4 Å². The summed E-state index contributed by atoms with van der Waals surface area (Å²) in [5.41, 5.74) is 3.31. The van der Waals surface area contributed by atoms with Gasteiger partial charge in [0, 0.05) is 24.2 Å². The molecule has 26 heavy (non-hydrogen) atoms. The molecule has 6 nitrogen and oxygen atoms in total. The molecule has 6 heteroatoms. The normalized spacial score (nSPS) is 13.6. The van der Waals surface area contributed by atoms with E-state index in [4.69, 9.17) is 9.72 Å². The number of hydrogen-bond donors (Lipinski definition) is 1. The number of imidazole rings is 1. The van der Waals surface area contributed by atoms with E-state index in [9.17, 15) is 9.59 Å². The molecule has 1 saturated carbocycles. The Hall–Kier alpha value is -3.15. The molecule has 1 amide bonds. The van der Waals surface area contributed by atoms with Gasteiger partial charge in [0.25, 0.3) is 5.91 Å². The van der Waals surface area contributed by atoms with Crippen LogP contribution < -0.4 is 5.32 Å². The van der Waals surface area contributed by atoms with E-state index < -0.39 is 5.97 Å². The molecule has 132 valence electrons. The number of ether oxygens (including phenoxy) is 1. The van der Waals surface area contributed by atoms with Crippen molar-refractivity contribution in [2.24, 2.45) is 7.05 Å². The van der Waals surface area contributed by atoms with Gasteiger partial charge in [-0.25, -0.2) is 9.78 Å². The molecule has 0 radical (unpaired) electrons. The van der Waals surface area contributed by atoms with Crippen molar-refractivity contribution >= 4 is 28.6 Å². The van der Waals surface area contributed by atoms with E-state index in [1.807, 2.05) is 13.1 Å². The molecule has 0 atom stereocenters. The maximum Gasteiger partial charge on any atom is 0.337 e. The lowest BCUT2D eigenvalue weighted by Crippen LogP contribution is -2.12. The highest BCUT2D eigenvalue weighted by atomic mass is 16.5. The molecule has 4 rings (SSSR count). The number of rotatable bonds is 4. The van der Waals surface area contributed by atoms with Crippen LogP contribution in [0.4, 0.5) is 5.69 Å². The number of amides is 1. The van der Waals surface area contributed by atoms with Crippen molar-refractivity contribution in [2.75, 3.05) is 12.4 Å². The molecule has 1 heterocycles. The maximum absolute atomic E-state index is 12.6. The van der Waals surface area contributed by atoms with Crippen LogP contribution in [0.3, 0.4) is 0 Å². The topological polar surface area (TPSA) is 73.2 Å². The van der Waals surface area contributed by atoms with Crippen LogP contribution >= 0.6 is 0 Å². The molecule has 2 aromatic carbocycles. The molecule has 1 N–H and O–H groups in total. The number of esters is 1. The van der Waals surface area contributed by atoms with Crippen LogP contribution in [0, 0.1) is 0 Å². The van der Waals surface area contributed by atoms with Crippen molar-refractivity contribution in [1.82, 2.24) is 9.55 Å². The zero-order valence-electron chi connectivity index (χ0n) is 14.7. The van der Waals surface area contributed by atoms with E-state index in [1.165, 1.54) is 20.0 Å². The molecule has 3 aromatic rings. The predicted octanol–water partition coefficient (Wildman–Crippen LogP) is 3.49. The van der Waals surface area contributed by atoms with Gasteiger partial charge in [0.1, 0.15) is 5.82 Å². The van der Waals surface area contributed by atoms with Crippen LogP contribution in [0.5, 0.6) is 0 Å². The number of nitrogens with zero attached hydrogens (tertiary/aromatic N) is 2. The quantitative estimate of drug-likeness (QED) is 0.732. The third-order valence-electron chi connectivity index (χ3n) is 4.66. The predicted molar refractivity (Wildman–Crippen MR) is 98.4 cm³/mol. The number of anilines is 1. The Balaban J connectivity index is 1.59. The molecular formula is C20H19N3O3. The Labute approximate surface area is 150 Å². The maximum atomic E-state index is 12.6. The summed E-state index contributed by atoms with van der Waals surface area (Å²) in [6.07, 6.45) is 2.36. The lowest BCUT2D eigenvalue weighted by atomic mass is 10.1. The number of hydrogen-bond acceptors (Lipinski definition) is 4. The first kappa shape index (κ1) is 16.3. The Morgan fingerprint density at radius 3 is 2.69 bits per heavy atom. The number of aryl methyl sites for hydroxylation is 1. The second kappa shape index (κ2) is 6.29. The molecule has 0 bridgehead atoms. The summed E-state index contributed by atoms with van der Waals surface area (Å²) >= 11 is 0. The zero-order valence-corrected chi connectivity index (χ0v) is 14.7. The summed E-state index contributed by atoms with van der Waals surface area (Å²) in [6, 6.07) is 12.2. The summed E-state index contributed by atoms with van der Waals surface area (Å²) in [6.45, 7) is 0. The van der Waals surface area contributed by atoms with Crippen LogP contribution in [0.15, 0.2) is 42.5 Å². The van der Waals surface area contributed by atoms with E-state index in [0.717, 1.165) is 16.9 Å². The molecular weight excluding hydrogens is 330 g/mol. The summed E-state index contributed by atoms with van der Waals surface area (Å²) < 4.78 is 6.81. The molecule has 0 aliphatic heterocycles. The standard InChI is InChI=1S/C20H19N3O3/c1-23-17-9-8-13(11-16(17)22-18(23)12-6-7-12)19(24)21-15-5-3-4-14(10-15)20(25)26-2/h3-5,8-12H,6-7H2,1-2H3,(H,21,24). The number of carbonyl (C=O) groups is 2. The highest BCUT2D eigenvalue weighted by Crippen LogP contribution is 2.40. The van der Waals surface area contributed by atoms with Crippen LogP contribution in [-0.4, -0.2) is 28.5 Å². The van der Waals surface area contributed by atoms with Gasteiger partial charge in [-0.1, -0.05) is 6.07 Å². The Kier molecular flexibility index (Phi) is 3.95. The average Bonchev–Trinajstić information content (AvgIpc) is 3.45. The minimum absolute atomic E-state index is 0.243. The molecule has 1 aromatic heterocycles. The van der Waals surface area contributed by atoms with Gasteiger partial charge in [-0.2, -0.15) is 0 Å². The number of nitrogens with one attached hydrogen (secondary N) is 1. The van der Waals surface area contributed by atoms with Gasteiger partial charge in [-0.15, -0.1) is 0 Å². The Bertz CT molecular complexity index is 1020. The minimum Gasteiger partial charge on any atom is -0.465 e. The number of methoxy groups -OCH3 is 1. The number of benzene rings is 2. The van der Waals surface area contributed by atoms with Crippen LogP contribution in [0.25, 0.3) is 11.0 Å². The van der Waals surface area contributed by atoms with Crippen LogP contribution in [0.2, 0.25) is 0 Å². The van der Waals surface area contributed by atoms with Gasteiger partial charge in [-0.05, 0) is 49.2 Å². The van der Waals surface area contributed by atoms with Crippen molar-refractivity contribution in [2.45, 2.75) is 18.8 Å². The van der Waals surface area contributed by atoms with Gasteiger partial charge in [-0.3, -0.25) is 4.79 Å². The van der Waals surface area contributed by atoms with E-state index in [2.05, 4.69) is 9.88 Å². The molecule has 1 aliphatic carbocycles. The third kappa shape index (κ3) is 2.94. The van der Waals surface area contributed by atoms with Crippen molar-refractivity contribution in [1.29, 1.82) is 0 Å². The average molecular weight is 349 g/mol. The van der Waals surface area contributed by atoms with Gasteiger partial charge in [0.05, 0.1) is 23.7 Å². The van der Waals surface area contributed by atoms with Gasteiger partial charge in [0.15, 0.2) is 0 Å². The zero-order chi connectivity index (χ0) is 18.3. The van der Waals surface area contributed by atoms with Crippen molar-refractivity contribution in [3.8, 4) is 0 Å². The summed E-state index contributed by atoms with van der Waals surface area (Å²) in [7, 11) is 3.34. The van der Waals surface area contributed by atoms with Gasteiger partial charge in [0.2, 0.25) is 0 Å².